The summed E-state index contributed by atoms with van der Waals surface area (Å²) in [6, 6.07) is 8.42. The molecule has 1 saturated carbocycles. The summed E-state index contributed by atoms with van der Waals surface area (Å²) in [4.78, 5) is 0. The maximum absolute atomic E-state index is 6.09. The van der Waals surface area contributed by atoms with Crippen molar-refractivity contribution in [1.29, 1.82) is 0 Å². The molecule has 0 aliphatic heterocycles. The second kappa shape index (κ2) is 4.53. The van der Waals surface area contributed by atoms with Crippen LogP contribution in [0.15, 0.2) is 24.3 Å². The van der Waals surface area contributed by atoms with Gasteiger partial charge in [-0.05, 0) is 25.7 Å². The third kappa shape index (κ3) is 2.16. The molecule has 94 valence electrons. The molecule has 4 nitrogen and oxygen atoms in total. The molecule has 1 heterocycles. The molecule has 0 saturated heterocycles. The van der Waals surface area contributed by atoms with Gasteiger partial charge < -0.3 is 11.1 Å². The quantitative estimate of drug-likeness (QED) is 0.861. The summed E-state index contributed by atoms with van der Waals surface area (Å²) in [7, 11) is 0. The fourth-order valence-electron chi connectivity index (χ4n) is 2.27. The number of rotatable bonds is 4. The predicted octanol–water partition coefficient (Wildman–Crippen LogP) is 2.09. The maximum Gasteiger partial charge on any atom is 0.156 e. The molecule has 1 fully saturated rings. The van der Waals surface area contributed by atoms with E-state index < -0.39 is 0 Å². The van der Waals surface area contributed by atoms with Gasteiger partial charge in [0, 0.05) is 23.4 Å². The lowest BCUT2D eigenvalue weighted by Gasteiger charge is -2.13. The molecule has 3 N–H and O–H groups in total. The van der Waals surface area contributed by atoms with Crippen molar-refractivity contribution < 1.29 is 0 Å². The van der Waals surface area contributed by atoms with Crippen LogP contribution >= 0.6 is 0 Å². The molecule has 1 aromatic carbocycles. The topological polar surface area (TPSA) is 63.8 Å². The van der Waals surface area contributed by atoms with Gasteiger partial charge in [-0.3, -0.25) is 0 Å². The molecule has 1 aliphatic rings. The van der Waals surface area contributed by atoms with Crippen LogP contribution in [0.2, 0.25) is 0 Å². The standard InChI is InChI=1S/C14H18N4/c1-9-11-4-2-3-5-12(11)14(18-17-9)16-8-13(15)10-6-7-10/h2-5,10,13H,6-8,15H2,1H3,(H,16,18). The molecule has 0 radical (unpaired) electrons. The zero-order chi connectivity index (χ0) is 12.5. The van der Waals surface area contributed by atoms with Gasteiger partial charge in [0.2, 0.25) is 0 Å². The van der Waals surface area contributed by atoms with E-state index in [9.17, 15) is 0 Å². The second-order valence-corrected chi connectivity index (χ2v) is 5.06. The lowest BCUT2D eigenvalue weighted by molar-refractivity contribution is 0.619. The summed E-state index contributed by atoms with van der Waals surface area (Å²) >= 11 is 0. The molecule has 4 heteroatoms. The lowest BCUT2D eigenvalue weighted by atomic mass is 10.1. The van der Waals surface area contributed by atoms with Crippen LogP contribution in [0.1, 0.15) is 18.5 Å². The fraction of sp³-hybridized carbons (Fsp3) is 0.429. The summed E-state index contributed by atoms with van der Waals surface area (Å²) in [6.07, 6.45) is 2.53. The Balaban J connectivity index is 1.85. The first-order valence-corrected chi connectivity index (χ1v) is 6.47. The number of aromatic nitrogens is 2. The highest BCUT2D eigenvalue weighted by Gasteiger charge is 2.28. The fourth-order valence-corrected chi connectivity index (χ4v) is 2.27. The molecule has 0 spiro atoms. The van der Waals surface area contributed by atoms with Gasteiger partial charge in [0.05, 0.1) is 5.69 Å². The summed E-state index contributed by atoms with van der Waals surface area (Å²) in [5.74, 6) is 1.54. The Morgan fingerprint density at radius 3 is 2.72 bits per heavy atom. The van der Waals surface area contributed by atoms with E-state index in [1.54, 1.807) is 0 Å². The number of nitrogens with zero attached hydrogens (tertiary/aromatic N) is 2. The largest absolute Gasteiger partial charge is 0.366 e. The molecule has 0 amide bonds. The summed E-state index contributed by atoms with van der Waals surface area (Å²) < 4.78 is 0. The molecular weight excluding hydrogens is 224 g/mol. The maximum atomic E-state index is 6.09. The Hall–Kier alpha value is -1.68. The van der Waals surface area contributed by atoms with Gasteiger partial charge in [-0.2, -0.15) is 5.10 Å². The molecule has 18 heavy (non-hydrogen) atoms. The minimum Gasteiger partial charge on any atom is -0.366 e. The molecule has 3 rings (SSSR count). The van der Waals surface area contributed by atoms with Crippen LogP contribution < -0.4 is 11.1 Å². The van der Waals surface area contributed by atoms with E-state index in [1.165, 1.54) is 12.8 Å². The monoisotopic (exact) mass is 242 g/mol. The van der Waals surface area contributed by atoms with Gasteiger partial charge in [-0.25, -0.2) is 0 Å². The Bertz CT molecular complexity index is 563. The zero-order valence-electron chi connectivity index (χ0n) is 10.6. The van der Waals surface area contributed by atoms with E-state index in [2.05, 4.69) is 27.6 Å². The molecule has 1 atom stereocenters. The van der Waals surface area contributed by atoms with Crippen molar-refractivity contribution in [2.24, 2.45) is 11.7 Å². The molecule has 1 unspecified atom stereocenters. The molecule has 1 aromatic heterocycles. The van der Waals surface area contributed by atoms with Crippen LogP contribution in [-0.2, 0) is 0 Å². The first kappa shape index (κ1) is 11.4. The Kier molecular flexibility index (Phi) is 2.88. The minimum atomic E-state index is 0.229. The van der Waals surface area contributed by atoms with E-state index in [1.807, 2.05) is 19.1 Å². The van der Waals surface area contributed by atoms with Crippen LogP contribution in [0.25, 0.3) is 10.8 Å². The van der Waals surface area contributed by atoms with Gasteiger partial charge in [0.1, 0.15) is 0 Å². The van der Waals surface area contributed by atoms with Crippen molar-refractivity contribution >= 4 is 16.6 Å². The van der Waals surface area contributed by atoms with Crippen molar-refractivity contribution in [1.82, 2.24) is 10.2 Å². The van der Waals surface area contributed by atoms with E-state index in [0.29, 0.717) is 5.92 Å². The average molecular weight is 242 g/mol. The number of aryl methyl sites for hydroxylation is 1. The van der Waals surface area contributed by atoms with Crippen molar-refractivity contribution in [2.45, 2.75) is 25.8 Å². The third-order valence-corrected chi connectivity index (χ3v) is 3.60. The molecule has 0 bridgehead atoms. The smallest absolute Gasteiger partial charge is 0.156 e. The van der Waals surface area contributed by atoms with Crippen molar-refractivity contribution in [2.75, 3.05) is 11.9 Å². The zero-order valence-corrected chi connectivity index (χ0v) is 10.6. The van der Waals surface area contributed by atoms with E-state index in [4.69, 9.17) is 5.73 Å². The summed E-state index contributed by atoms with van der Waals surface area (Å²) in [6.45, 7) is 2.75. The number of anilines is 1. The van der Waals surface area contributed by atoms with Gasteiger partial charge in [0.15, 0.2) is 5.82 Å². The van der Waals surface area contributed by atoms with E-state index >= 15 is 0 Å². The Morgan fingerprint density at radius 1 is 1.28 bits per heavy atom. The van der Waals surface area contributed by atoms with Crippen LogP contribution in [0, 0.1) is 12.8 Å². The van der Waals surface area contributed by atoms with E-state index in [0.717, 1.165) is 28.8 Å². The van der Waals surface area contributed by atoms with Crippen molar-refractivity contribution in [3.8, 4) is 0 Å². The van der Waals surface area contributed by atoms with Crippen molar-refractivity contribution in [3.63, 3.8) is 0 Å². The van der Waals surface area contributed by atoms with Gasteiger partial charge in [0.25, 0.3) is 0 Å². The molecular formula is C14H18N4. The second-order valence-electron chi connectivity index (χ2n) is 5.06. The summed E-state index contributed by atoms with van der Waals surface area (Å²) in [5, 5.41) is 14.0. The SMILES string of the molecule is Cc1nnc(NCC(N)C2CC2)c2ccccc12. The van der Waals surface area contributed by atoms with Crippen LogP contribution in [0.4, 0.5) is 5.82 Å². The minimum absolute atomic E-state index is 0.229. The number of hydrogen-bond donors (Lipinski definition) is 2. The first-order chi connectivity index (χ1) is 8.75. The predicted molar refractivity (Wildman–Crippen MR) is 73.5 cm³/mol. The molecule has 1 aliphatic carbocycles. The average Bonchev–Trinajstić information content (AvgIpc) is 3.22. The third-order valence-electron chi connectivity index (χ3n) is 3.60. The Morgan fingerprint density at radius 2 is 2.00 bits per heavy atom. The normalized spacial score (nSPS) is 16.8. The number of fused-ring (bicyclic) bond motifs is 1. The Labute approximate surface area is 107 Å². The lowest BCUT2D eigenvalue weighted by Crippen LogP contribution is -2.31. The van der Waals surface area contributed by atoms with Crippen LogP contribution in [0.3, 0.4) is 0 Å². The highest BCUT2D eigenvalue weighted by molar-refractivity contribution is 5.92. The van der Waals surface area contributed by atoms with Crippen molar-refractivity contribution in [3.05, 3.63) is 30.0 Å². The molecule has 2 aromatic rings. The van der Waals surface area contributed by atoms with Crippen LogP contribution in [-0.4, -0.2) is 22.8 Å². The number of benzene rings is 1. The van der Waals surface area contributed by atoms with E-state index in [-0.39, 0.29) is 6.04 Å². The first-order valence-electron chi connectivity index (χ1n) is 6.47. The van der Waals surface area contributed by atoms with Gasteiger partial charge >= 0.3 is 0 Å². The summed E-state index contributed by atoms with van der Waals surface area (Å²) in [5.41, 5.74) is 7.05. The number of hydrogen-bond acceptors (Lipinski definition) is 4. The highest BCUT2D eigenvalue weighted by Crippen LogP contribution is 2.31. The van der Waals surface area contributed by atoms with Gasteiger partial charge in [-0.15, -0.1) is 5.10 Å². The number of nitrogens with one attached hydrogen (secondary N) is 1. The number of nitrogens with two attached hydrogens (primary N) is 1. The van der Waals surface area contributed by atoms with Crippen LogP contribution in [0.5, 0.6) is 0 Å². The van der Waals surface area contributed by atoms with Gasteiger partial charge in [-0.1, -0.05) is 24.3 Å². The highest BCUT2D eigenvalue weighted by atomic mass is 15.2.